The molecule has 0 unspecified atom stereocenters. The van der Waals surface area contributed by atoms with Crippen LogP contribution in [0.1, 0.15) is 11.3 Å². The third kappa shape index (κ3) is 4.74. The summed E-state index contributed by atoms with van der Waals surface area (Å²) >= 11 is 0. The van der Waals surface area contributed by atoms with Gasteiger partial charge in [0.1, 0.15) is 11.3 Å². The number of aryl methyl sites for hydroxylation is 1. The smallest absolute Gasteiger partial charge is 0.234 e. The van der Waals surface area contributed by atoms with Gasteiger partial charge < -0.3 is 19.8 Å². The Hall–Kier alpha value is -1.56. The number of furan rings is 1. The van der Waals surface area contributed by atoms with Crippen molar-refractivity contribution in [1.82, 2.24) is 10.6 Å². The Labute approximate surface area is 130 Å². The van der Waals surface area contributed by atoms with Crippen LogP contribution in [0.25, 0.3) is 11.0 Å². The fraction of sp³-hybridized carbons (Fsp3) is 0.400. The Bertz CT molecular complexity index is 583. The maximum atomic E-state index is 11.6. The molecule has 2 aromatic rings. The molecule has 1 heterocycles. The summed E-state index contributed by atoms with van der Waals surface area (Å²) in [6.45, 7) is 3.95. The van der Waals surface area contributed by atoms with Crippen LogP contribution in [0.15, 0.2) is 28.7 Å². The number of fused-ring (bicyclic) bond motifs is 1. The molecular weight excluding hydrogens is 292 g/mol. The number of halogens is 1. The van der Waals surface area contributed by atoms with Gasteiger partial charge in [0.25, 0.3) is 0 Å². The summed E-state index contributed by atoms with van der Waals surface area (Å²) in [5.41, 5.74) is 1.93. The Balaban J connectivity index is 0.00000220. The lowest BCUT2D eigenvalue weighted by atomic mass is 10.1. The first kappa shape index (κ1) is 17.5. The molecule has 0 spiro atoms. The van der Waals surface area contributed by atoms with Gasteiger partial charge in [-0.3, -0.25) is 4.79 Å². The monoisotopic (exact) mass is 312 g/mol. The van der Waals surface area contributed by atoms with Gasteiger partial charge in [-0.1, -0.05) is 18.2 Å². The quantitative estimate of drug-likeness (QED) is 0.768. The zero-order valence-corrected chi connectivity index (χ0v) is 13.1. The first-order valence-corrected chi connectivity index (χ1v) is 6.65. The first-order chi connectivity index (χ1) is 9.72. The molecule has 1 amide bonds. The van der Waals surface area contributed by atoms with E-state index < -0.39 is 0 Å². The van der Waals surface area contributed by atoms with Crippen LogP contribution < -0.4 is 10.6 Å². The number of benzene rings is 1. The van der Waals surface area contributed by atoms with Crippen molar-refractivity contribution >= 4 is 29.3 Å². The lowest BCUT2D eigenvalue weighted by Gasteiger charge is -2.05. The minimum absolute atomic E-state index is 0. The Morgan fingerprint density at radius 2 is 2.10 bits per heavy atom. The van der Waals surface area contributed by atoms with E-state index in [0.717, 1.165) is 22.3 Å². The molecule has 0 fully saturated rings. The molecule has 1 aromatic heterocycles. The molecule has 2 rings (SSSR count). The molecule has 0 bridgehead atoms. The van der Waals surface area contributed by atoms with Gasteiger partial charge in [-0.25, -0.2) is 0 Å². The fourth-order valence-corrected chi connectivity index (χ4v) is 2.01. The van der Waals surface area contributed by atoms with E-state index in [4.69, 9.17) is 9.15 Å². The molecule has 0 saturated heterocycles. The van der Waals surface area contributed by atoms with Crippen LogP contribution in [0.5, 0.6) is 0 Å². The number of methoxy groups -OCH3 is 1. The van der Waals surface area contributed by atoms with Gasteiger partial charge in [-0.05, 0) is 13.0 Å². The third-order valence-corrected chi connectivity index (χ3v) is 3.16. The molecule has 1 aromatic carbocycles. The second-order valence-electron chi connectivity index (χ2n) is 4.59. The molecular formula is C15H21ClN2O3. The number of carbonyl (C=O) groups is 1. The van der Waals surface area contributed by atoms with Crippen molar-refractivity contribution in [3.8, 4) is 0 Å². The minimum atomic E-state index is -0.0547. The zero-order chi connectivity index (χ0) is 14.4. The predicted octanol–water partition coefficient (Wildman–Crippen LogP) is 2.02. The van der Waals surface area contributed by atoms with Crippen LogP contribution in [0.2, 0.25) is 0 Å². The number of ether oxygens (including phenoxy) is 1. The van der Waals surface area contributed by atoms with Crippen LogP contribution in [0, 0.1) is 6.92 Å². The lowest BCUT2D eigenvalue weighted by Crippen LogP contribution is -2.34. The van der Waals surface area contributed by atoms with E-state index in [0.29, 0.717) is 19.7 Å². The van der Waals surface area contributed by atoms with Crippen LogP contribution in [-0.2, 0) is 16.1 Å². The highest BCUT2D eigenvalue weighted by molar-refractivity contribution is 5.85. The summed E-state index contributed by atoms with van der Waals surface area (Å²) in [5.74, 6) is 0.748. The molecule has 0 atom stereocenters. The fourth-order valence-electron chi connectivity index (χ4n) is 2.01. The number of nitrogens with one attached hydrogen (secondary N) is 2. The highest BCUT2D eigenvalue weighted by Crippen LogP contribution is 2.24. The van der Waals surface area contributed by atoms with E-state index in [-0.39, 0.29) is 24.9 Å². The van der Waals surface area contributed by atoms with E-state index in [1.807, 2.05) is 31.2 Å². The number of carbonyl (C=O) groups excluding carboxylic acids is 1. The Morgan fingerprint density at radius 3 is 2.81 bits per heavy atom. The van der Waals surface area contributed by atoms with Crippen molar-refractivity contribution in [3.05, 3.63) is 35.6 Å². The van der Waals surface area contributed by atoms with Gasteiger partial charge in [0, 0.05) is 24.6 Å². The Morgan fingerprint density at radius 1 is 1.33 bits per heavy atom. The van der Waals surface area contributed by atoms with Gasteiger partial charge in [0.2, 0.25) is 5.91 Å². The first-order valence-electron chi connectivity index (χ1n) is 6.65. The van der Waals surface area contributed by atoms with Gasteiger partial charge in [-0.15, -0.1) is 12.4 Å². The van der Waals surface area contributed by atoms with Gasteiger partial charge in [-0.2, -0.15) is 0 Å². The average molecular weight is 313 g/mol. The molecule has 0 aliphatic carbocycles. The molecule has 0 radical (unpaired) electrons. The van der Waals surface area contributed by atoms with Crippen molar-refractivity contribution in [1.29, 1.82) is 0 Å². The predicted molar refractivity (Wildman–Crippen MR) is 84.8 cm³/mol. The van der Waals surface area contributed by atoms with E-state index in [1.165, 1.54) is 0 Å². The van der Waals surface area contributed by atoms with E-state index in [2.05, 4.69) is 10.6 Å². The number of rotatable bonds is 7. The van der Waals surface area contributed by atoms with E-state index in [1.54, 1.807) is 7.11 Å². The van der Waals surface area contributed by atoms with Gasteiger partial charge in [0.05, 0.1) is 19.7 Å². The molecule has 0 aliphatic rings. The van der Waals surface area contributed by atoms with Crippen molar-refractivity contribution < 1.29 is 13.9 Å². The van der Waals surface area contributed by atoms with Crippen molar-refractivity contribution in [2.45, 2.75) is 13.5 Å². The largest absolute Gasteiger partial charge is 0.459 e. The topological polar surface area (TPSA) is 63.5 Å². The van der Waals surface area contributed by atoms with Crippen LogP contribution in [-0.4, -0.2) is 32.7 Å². The molecule has 116 valence electrons. The van der Waals surface area contributed by atoms with Gasteiger partial charge in [0.15, 0.2) is 0 Å². The van der Waals surface area contributed by atoms with E-state index >= 15 is 0 Å². The SMILES string of the molecule is COCCNCC(=O)NCc1oc2ccccc2c1C.Cl. The van der Waals surface area contributed by atoms with E-state index in [9.17, 15) is 4.79 Å². The maximum absolute atomic E-state index is 11.6. The lowest BCUT2D eigenvalue weighted by molar-refractivity contribution is -0.120. The summed E-state index contributed by atoms with van der Waals surface area (Å²) in [6, 6.07) is 7.87. The standard InChI is InChI=1S/C15H20N2O3.ClH/c1-11-12-5-3-4-6-13(12)20-14(11)9-17-15(18)10-16-7-8-19-2;/h3-6,16H,7-10H2,1-2H3,(H,17,18);1H. The number of hydrogen-bond donors (Lipinski definition) is 2. The average Bonchev–Trinajstić information content (AvgIpc) is 2.78. The summed E-state index contributed by atoms with van der Waals surface area (Å²) in [6.07, 6.45) is 0. The normalized spacial score (nSPS) is 10.4. The second-order valence-corrected chi connectivity index (χ2v) is 4.59. The van der Waals surface area contributed by atoms with Crippen LogP contribution in [0.3, 0.4) is 0 Å². The number of amides is 1. The minimum Gasteiger partial charge on any atom is -0.459 e. The summed E-state index contributed by atoms with van der Waals surface area (Å²) < 4.78 is 10.6. The summed E-state index contributed by atoms with van der Waals surface area (Å²) in [7, 11) is 1.63. The molecule has 5 nitrogen and oxygen atoms in total. The molecule has 2 N–H and O–H groups in total. The summed E-state index contributed by atoms with van der Waals surface area (Å²) in [5, 5.41) is 6.93. The van der Waals surface area contributed by atoms with Crippen LogP contribution in [0.4, 0.5) is 0 Å². The number of para-hydroxylation sites is 1. The van der Waals surface area contributed by atoms with Gasteiger partial charge >= 0.3 is 0 Å². The van der Waals surface area contributed by atoms with Crippen LogP contribution >= 0.6 is 12.4 Å². The molecule has 6 heteroatoms. The maximum Gasteiger partial charge on any atom is 0.234 e. The number of hydrogen-bond acceptors (Lipinski definition) is 4. The molecule has 0 saturated carbocycles. The molecule has 21 heavy (non-hydrogen) atoms. The molecule has 0 aliphatic heterocycles. The Kier molecular flexibility index (Phi) is 7.22. The van der Waals surface area contributed by atoms with Crippen molar-refractivity contribution in [2.24, 2.45) is 0 Å². The highest BCUT2D eigenvalue weighted by atomic mass is 35.5. The zero-order valence-electron chi connectivity index (χ0n) is 12.3. The van der Waals surface area contributed by atoms with Crippen molar-refractivity contribution in [3.63, 3.8) is 0 Å². The van der Waals surface area contributed by atoms with Crippen molar-refractivity contribution in [2.75, 3.05) is 26.8 Å². The summed E-state index contributed by atoms with van der Waals surface area (Å²) in [4.78, 5) is 11.6. The highest BCUT2D eigenvalue weighted by Gasteiger charge is 2.10. The third-order valence-electron chi connectivity index (χ3n) is 3.16. The second kappa shape index (κ2) is 8.67.